The Bertz CT molecular complexity index is 434. The largest absolute Gasteiger partial charge is 0.384 e. The van der Waals surface area contributed by atoms with Crippen LogP contribution in [0.2, 0.25) is 0 Å². The Morgan fingerprint density at radius 2 is 2.26 bits per heavy atom. The zero-order chi connectivity index (χ0) is 13.7. The van der Waals surface area contributed by atoms with Gasteiger partial charge in [0.1, 0.15) is 0 Å². The molecule has 1 heterocycles. The minimum atomic E-state index is 0.0920. The van der Waals surface area contributed by atoms with Gasteiger partial charge in [0.05, 0.1) is 18.3 Å². The van der Waals surface area contributed by atoms with Gasteiger partial charge < -0.3 is 15.0 Å². The lowest BCUT2D eigenvalue weighted by Crippen LogP contribution is -2.44. The number of benzene rings is 1. The second-order valence-electron chi connectivity index (χ2n) is 4.90. The van der Waals surface area contributed by atoms with Gasteiger partial charge in [0.2, 0.25) is 0 Å². The van der Waals surface area contributed by atoms with Crippen LogP contribution in [0.1, 0.15) is 30.6 Å². The molecule has 0 saturated carbocycles. The first-order valence-corrected chi connectivity index (χ1v) is 6.96. The Balaban J connectivity index is 2.13. The number of anilines is 1. The van der Waals surface area contributed by atoms with Gasteiger partial charge in [-0.05, 0) is 25.5 Å². The monoisotopic (exact) mass is 262 g/mol. The molecule has 1 aliphatic heterocycles. The first-order chi connectivity index (χ1) is 9.22. The molecule has 0 radical (unpaired) electrons. The third-order valence-electron chi connectivity index (χ3n) is 3.25. The predicted molar refractivity (Wildman–Crippen MR) is 76.5 cm³/mol. The van der Waals surface area contributed by atoms with E-state index >= 15 is 0 Å². The van der Waals surface area contributed by atoms with E-state index in [0.717, 1.165) is 24.2 Å². The van der Waals surface area contributed by atoms with Gasteiger partial charge in [0, 0.05) is 25.3 Å². The molecule has 4 nitrogen and oxygen atoms in total. The van der Waals surface area contributed by atoms with E-state index in [1.165, 1.54) is 0 Å². The predicted octanol–water partition coefficient (Wildman–Crippen LogP) is 2.37. The molecule has 104 valence electrons. The van der Waals surface area contributed by atoms with Crippen LogP contribution >= 0.6 is 0 Å². The van der Waals surface area contributed by atoms with Crippen LogP contribution < -0.4 is 5.32 Å². The molecule has 1 fully saturated rings. The van der Waals surface area contributed by atoms with Crippen LogP contribution in [0.25, 0.3) is 0 Å². The van der Waals surface area contributed by atoms with E-state index in [4.69, 9.17) is 4.74 Å². The molecule has 19 heavy (non-hydrogen) atoms. The Morgan fingerprint density at radius 3 is 3.00 bits per heavy atom. The van der Waals surface area contributed by atoms with E-state index in [2.05, 4.69) is 12.2 Å². The van der Waals surface area contributed by atoms with Gasteiger partial charge in [0.25, 0.3) is 5.91 Å². The van der Waals surface area contributed by atoms with E-state index in [9.17, 15) is 4.79 Å². The van der Waals surface area contributed by atoms with Gasteiger partial charge in [-0.2, -0.15) is 0 Å². The standard InChI is InChI=1S/C15H22N2O2/c1-3-8-16-14-7-5-4-6-13(14)15(18)17-9-10-19-12(2)11-17/h4-7,12,16H,3,8-11H2,1-2H3. The maximum absolute atomic E-state index is 12.6. The lowest BCUT2D eigenvalue weighted by molar-refractivity contribution is -0.0123. The maximum Gasteiger partial charge on any atom is 0.256 e. The third-order valence-corrected chi connectivity index (χ3v) is 3.25. The molecule has 1 aliphatic rings. The van der Waals surface area contributed by atoms with Crippen molar-refractivity contribution in [2.75, 3.05) is 31.6 Å². The van der Waals surface area contributed by atoms with Gasteiger partial charge in [-0.1, -0.05) is 19.1 Å². The number of nitrogens with one attached hydrogen (secondary N) is 1. The minimum absolute atomic E-state index is 0.0920. The van der Waals surface area contributed by atoms with Crippen LogP contribution in [0.15, 0.2) is 24.3 Å². The quantitative estimate of drug-likeness (QED) is 0.905. The molecule has 0 spiro atoms. The molecular weight excluding hydrogens is 240 g/mol. The number of carbonyl (C=O) groups is 1. The molecule has 1 atom stereocenters. The second kappa shape index (κ2) is 6.57. The summed E-state index contributed by atoms with van der Waals surface area (Å²) in [5.41, 5.74) is 1.68. The number of hydrogen-bond acceptors (Lipinski definition) is 3. The minimum Gasteiger partial charge on any atom is -0.384 e. The molecule has 4 heteroatoms. The van der Waals surface area contributed by atoms with Crippen LogP contribution in [0.4, 0.5) is 5.69 Å². The topological polar surface area (TPSA) is 41.6 Å². The number of morpholine rings is 1. The van der Waals surface area contributed by atoms with Crippen LogP contribution in [-0.4, -0.2) is 43.2 Å². The number of rotatable bonds is 4. The average molecular weight is 262 g/mol. The summed E-state index contributed by atoms with van der Waals surface area (Å²) in [5, 5.41) is 3.32. The molecule has 2 rings (SSSR count). The van der Waals surface area contributed by atoms with E-state index in [-0.39, 0.29) is 12.0 Å². The third kappa shape index (κ3) is 3.47. The molecule has 0 bridgehead atoms. The number of carbonyl (C=O) groups excluding carboxylic acids is 1. The summed E-state index contributed by atoms with van der Waals surface area (Å²) in [6.07, 6.45) is 1.16. The van der Waals surface area contributed by atoms with E-state index < -0.39 is 0 Å². The first kappa shape index (κ1) is 13.9. The Labute approximate surface area is 114 Å². The van der Waals surface area contributed by atoms with E-state index in [0.29, 0.717) is 19.7 Å². The summed E-state index contributed by atoms with van der Waals surface area (Å²) in [4.78, 5) is 14.4. The van der Waals surface area contributed by atoms with Gasteiger partial charge >= 0.3 is 0 Å². The van der Waals surface area contributed by atoms with Crippen molar-refractivity contribution in [3.05, 3.63) is 29.8 Å². The molecule has 1 N–H and O–H groups in total. The van der Waals surface area contributed by atoms with E-state index in [1.807, 2.05) is 36.1 Å². The van der Waals surface area contributed by atoms with Crippen molar-refractivity contribution >= 4 is 11.6 Å². The Kier molecular flexibility index (Phi) is 4.80. The summed E-state index contributed by atoms with van der Waals surface area (Å²) >= 11 is 0. The highest BCUT2D eigenvalue weighted by Crippen LogP contribution is 2.18. The van der Waals surface area contributed by atoms with Crippen molar-refractivity contribution in [3.8, 4) is 0 Å². The van der Waals surface area contributed by atoms with Gasteiger partial charge in [-0.3, -0.25) is 4.79 Å². The number of ether oxygens (including phenoxy) is 1. The van der Waals surface area contributed by atoms with Crippen molar-refractivity contribution < 1.29 is 9.53 Å². The fourth-order valence-corrected chi connectivity index (χ4v) is 2.26. The fourth-order valence-electron chi connectivity index (χ4n) is 2.26. The molecule has 1 unspecified atom stereocenters. The Morgan fingerprint density at radius 1 is 1.47 bits per heavy atom. The van der Waals surface area contributed by atoms with Crippen LogP contribution in [0.3, 0.4) is 0 Å². The molecule has 1 aromatic carbocycles. The van der Waals surface area contributed by atoms with Crippen molar-refractivity contribution in [1.29, 1.82) is 0 Å². The molecular formula is C15H22N2O2. The average Bonchev–Trinajstić information content (AvgIpc) is 2.44. The highest BCUT2D eigenvalue weighted by atomic mass is 16.5. The lowest BCUT2D eigenvalue weighted by Gasteiger charge is -2.31. The fraction of sp³-hybridized carbons (Fsp3) is 0.533. The first-order valence-electron chi connectivity index (χ1n) is 6.96. The summed E-state index contributed by atoms with van der Waals surface area (Å²) in [6.45, 7) is 6.95. The van der Waals surface area contributed by atoms with Gasteiger partial charge in [0.15, 0.2) is 0 Å². The number of amides is 1. The van der Waals surface area contributed by atoms with Crippen LogP contribution in [0, 0.1) is 0 Å². The SMILES string of the molecule is CCCNc1ccccc1C(=O)N1CCOC(C)C1. The summed E-state index contributed by atoms with van der Waals surface area (Å²) in [6, 6.07) is 7.72. The van der Waals surface area contributed by atoms with Crippen molar-refractivity contribution in [1.82, 2.24) is 4.90 Å². The van der Waals surface area contributed by atoms with Crippen LogP contribution in [-0.2, 0) is 4.74 Å². The molecule has 1 aromatic rings. The molecule has 1 saturated heterocycles. The number of nitrogens with zero attached hydrogens (tertiary/aromatic N) is 1. The van der Waals surface area contributed by atoms with Crippen molar-refractivity contribution in [2.24, 2.45) is 0 Å². The maximum atomic E-state index is 12.6. The molecule has 0 aromatic heterocycles. The Hall–Kier alpha value is -1.55. The molecule has 0 aliphatic carbocycles. The second-order valence-corrected chi connectivity index (χ2v) is 4.90. The zero-order valence-corrected chi connectivity index (χ0v) is 11.7. The highest BCUT2D eigenvalue weighted by molar-refractivity contribution is 5.99. The summed E-state index contributed by atoms with van der Waals surface area (Å²) in [5.74, 6) is 0.0920. The van der Waals surface area contributed by atoms with Crippen molar-refractivity contribution in [3.63, 3.8) is 0 Å². The summed E-state index contributed by atoms with van der Waals surface area (Å²) < 4.78 is 5.48. The summed E-state index contributed by atoms with van der Waals surface area (Å²) in [7, 11) is 0. The van der Waals surface area contributed by atoms with Crippen LogP contribution in [0.5, 0.6) is 0 Å². The van der Waals surface area contributed by atoms with Gasteiger partial charge in [-0.25, -0.2) is 0 Å². The smallest absolute Gasteiger partial charge is 0.256 e. The zero-order valence-electron chi connectivity index (χ0n) is 11.7. The highest BCUT2D eigenvalue weighted by Gasteiger charge is 2.23. The van der Waals surface area contributed by atoms with Gasteiger partial charge in [-0.15, -0.1) is 0 Å². The number of hydrogen-bond donors (Lipinski definition) is 1. The lowest BCUT2D eigenvalue weighted by atomic mass is 10.1. The number of para-hydroxylation sites is 1. The normalized spacial score (nSPS) is 19.3. The molecule has 1 amide bonds. The van der Waals surface area contributed by atoms with E-state index in [1.54, 1.807) is 0 Å². The van der Waals surface area contributed by atoms with Crippen molar-refractivity contribution in [2.45, 2.75) is 26.4 Å².